The quantitative estimate of drug-likeness (QED) is 0.792. The van der Waals surface area contributed by atoms with Crippen LogP contribution in [0.1, 0.15) is 31.1 Å². The van der Waals surface area contributed by atoms with Crippen LogP contribution in [0.15, 0.2) is 18.2 Å². The zero-order valence-corrected chi connectivity index (χ0v) is 11.9. The Morgan fingerprint density at radius 2 is 2.11 bits per heavy atom. The molecule has 0 aliphatic carbocycles. The summed E-state index contributed by atoms with van der Waals surface area (Å²) in [6, 6.07) is 5.12. The van der Waals surface area contributed by atoms with Crippen molar-refractivity contribution >= 4 is 11.6 Å². The van der Waals surface area contributed by atoms with Crippen LogP contribution in [0.5, 0.6) is 5.75 Å². The number of anilines is 1. The highest BCUT2D eigenvalue weighted by molar-refractivity contribution is 6.01. The van der Waals surface area contributed by atoms with Crippen LogP contribution in [-0.2, 0) is 0 Å². The summed E-state index contributed by atoms with van der Waals surface area (Å²) < 4.78 is 5.43. The van der Waals surface area contributed by atoms with Crippen molar-refractivity contribution in [2.24, 2.45) is 0 Å². The van der Waals surface area contributed by atoms with Gasteiger partial charge in [-0.15, -0.1) is 0 Å². The number of likely N-dealkylation sites (N-methyl/N-ethyl adjacent to an activating group) is 1. The summed E-state index contributed by atoms with van der Waals surface area (Å²) in [4.78, 5) is 13.8. The lowest BCUT2D eigenvalue weighted by Crippen LogP contribution is -2.40. The molecule has 5 nitrogen and oxygen atoms in total. The second kappa shape index (κ2) is 5.93. The molecule has 3 N–H and O–H groups in total. The van der Waals surface area contributed by atoms with Crippen LogP contribution < -0.4 is 10.5 Å². The minimum Gasteiger partial charge on any atom is -0.493 e. The molecule has 0 fully saturated rings. The van der Waals surface area contributed by atoms with Gasteiger partial charge in [0, 0.05) is 19.3 Å². The van der Waals surface area contributed by atoms with E-state index in [0.717, 1.165) is 0 Å². The molecule has 1 aromatic carbocycles. The van der Waals surface area contributed by atoms with E-state index in [1.54, 1.807) is 39.1 Å². The van der Waals surface area contributed by atoms with Crippen molar-refractivity contribution in [3.8, 4) is 5.75 Å². The van der Waals surface area contributed by atoms with E-state index in [4.69, 9.17) is 10.5 Å². The molecule has 106 valence electrons. The van der Waals surface area contributed by atoms with Gasteiger partial charge in [0.15, 0.2) is 0 Å². The summed E-state index contributed by atoms with van der Waals surface area (Å²) >= 11 is 0. The number of carbonyl (C=O) groups excluding carboxylic acids is 1. The molecule has 0 aromatic heterocycles. The Bertz CT molecular complexity index is 452. The average Bonchev–Trinajstić information content (AvgIpc) is 2.26. The van der Waals surface area contributed by atoms with E-state index < -0.39 is 5.60 Å². The first-order valence-corrected chi connectivity index (χ1v) is 6.25. The summed E-state index contributed by atoms with van der Waals surface area (Å²) in [5.41, 5.74) is 5.62. The second-order valence-corrected chi connectivity index (χ2v) is 5.13. The highest BCUT2D eigenvalue weighted by Gasteiger charge is 2.24. The van der Waals surface area contributed by atoms with Gasteiger partial charge >= 0.3 is 0 Å². The Hall–Kier alpha value is -1.75. The highest BCUT2D eigenvalue weighted by Crippen LogP contribution is 2.26. The van der Waals surface area contributed by atoms with Gasteiger partial charge in [-0.2, -0.15) is 0 Å². The number of hydrogen-bond donors (Lipinski definition) is 2. The minimum absolute atomic E-state index is 0.214. The number of carbonyl (C=O) groups is 1. The van der Waals surface area contributed by atoms with E-state index in [1.165, 1.54) is 4.90 Å². The number of amides is 1. The van der Waals surface area contributed by atoms with Crippen molar-refractivity contribution in [3.63, 3.8) is 0 Å². The third kappa shape index (κ3) is 4.13. The van der Waals surface area contributed by atoms with Crippen molar-refractivity contribution in [2.75, 3.05) is 25.9 Å². The number of nitrogen functional groups attached to an aromatic ring is 1. The smallest absolute Gasteiger partial charge is 0.259 e. The third-order valence-electron chi connectivity index (χ3n) is 2.54. The lowest BCUT2D eigenvalue weighted by molar-refractivity contribution is 0.0366. The largest absolute Gasteiger partial charge is 0.493 e. The molecule has 0 bridgehead atoms. The van der Waals surface area contributed by atoms with Crippen LogP contribution >= 0.6 is 0 Å². The molecule has 0 atom stereocenters. The first-order valence-electron chi connectivity index (χ1n) is 6.25. The Kier molecular flexibility index (Phi) is 4.78. The topological polar surface area (TPSA) is 75.8 Å². The normalized spacial score (nSPS) is 11.2. The number of nitrogens with zero attached hydrogens (tertiary/aromatic N) is 1. The van der Waals surface area contributed by atoms with Crippen LogP contribution in [0.2, 0.25) is 0 Å². The summed E-state index contributed by atoms with van der Waals surface area (Å²) in [6.07, 6.45) is 0. The predicted octanol–water partition coefficient (Wildman–Crippen LogP) is 1.51. The van der Waals surface area contributed by atoms with E-state index in [-0.39, 0.29) is 12.5 Å². The fourth-order valence-electron chi connectivity index (χ4n) is 1.90. The first-order chi connectivity index (χ1) is 8.76. The van der Waals surface area contributed by atoms with Gasteiger partial charge in [-0.05, 0) is 32.9 Å². The number of rotatable bonds is 5. The molecule has 0 unspecified atom stereocenters. The Morgan fingerprint density at radius 3 is 2.63 bits per heavy atom. The van der Waals surface area contributed by atoms with Crippen LogP contribution in [0, 0.1) is 0 Å². The molecule has 1 aromatic rings. The minimum atomic E-state index is -0.959. The fourth-order valence-corrected chi connectivity index (χ4v) is 1.90. The molecule has 0 aliphatic rings. The molecule has 19 heavy (non-hydrogen) atoms. The maximum atomic E-state index is 12.4. The summed E-state index contributed by atoms with van der Waals surface area (Å²) in [5, 5.41) is 9.77. The van der Waals surface area contributed by atoms with Gasteiger partial charge in [-0.3, -0.25) is 4.79 Å². The molecular weight excluding hydrogens is 244 g/mol. The van der Waals surface area contributed by atoms with Crippen LogP contribution in [0.3, 0.4) is 0 Å². The molecule has 1 amide bonds. The second-order valence-electron chi connectivity index (χ2n) is 5.13. The number of aliphatic hydroxyl groups is 1. The first kappa shape index (κ1) is 15.3. The van der Waals surface area contributed by atoms with Gasteiger partial charge in [0.25, 0.3) is 5.91 Å². The summed E-state index contributed by atoms with van der Waals surface area (Å²) in [6.45, 7) is 5.81. The van der Waals surface area contributed by atoms with Gasteiger partial charge in [0.1, 0.15) is 11.3 Å². The molecule has 0 heterocycles. The number of hydrogen-bond acceptors (Lipinski definition) is 4. The molecule has 0 saturated heterocycles. The molecule has 0 aliphatic heterocycles. The Labute approximate surface area is 114 Å². The molecular formula is C14H22N2O3. The predicted molar refractivity (Wildman–Crippen MR) is 75.3 cm³/mol. The SMILES string of the molecule is CCOc1cccc(N)c1C(=O)N(C)CC(C)(C)O. The monoisotopic (exact) mass is 266 g/mol. The van der Waals surface area contributed by atoms with Crippen molar-refractivity contribution in [2.45, 2.75) is 26.4 Å². The van der Waals surface area contributed by atoms with Gasteiger partial charge in [0.05, 0.1) is 12.2 Å². The van der Waals surface area contributed by atoms with Crippen molar-refractivity contribution in [1.29, 1.82) is 0 Å². The van der Waals surface area contributed by atoms with Crippen LogP contribution in [-0.4, -0.2) is 41.7 Å². The molecule has 0 saturated carbocycles. The van der Waals surface area contributed by atoms with Crippen molar-refractivity contribution in [3.05, 3.63) is 23.8 Å². The maximum Gasteiger partial charge on any atom is 0.259 e. The highest BCUT2D eigenvalue weighted by atomic mass is 16.5. The van der Waals surface area contributed by atoms with Gasteiger partial charge in [-0.25, -0.2) is 0 Å². The van der Waals surface area contributed by atoms with Gasteiger partial charge in [-0.1, -0.05) is 6.07 Å². The zero-order valence-electron chi connectivity index (χ0n) is 11.9. The lowest BCUT2D eigenvalue weighted by Gasteiger charge is -2.26. The van der Waals surface area contributed by atoms with Crippen LogP contribution in [0.25, 0.3) is 0 Å². The molecule has 1 rings (SSSR count). The van der Waals surface area contributed by atoms with Crippen molar-refractivity contribution in [1.82, 2.24) is 4.90 Å². The van der Waals surface area contributed by atoms with Gasteiger partial charge in [0.2, 0.25) is 0 Å². The zero-order chi connectivity index (χ0) is 14.6. The molecule has 0 radical (unpaired) electrons. The van der Waals surface area contributed by atoms with E-state index in [2.05, 4.69) is 0 Å². The summed E-state index contributed by atoms with van der Waals surface area (Å²) in [7, 11) is 1.63. The fraction of sp³-hybridized carbons (Fsp3) is 0.500. The summed E-state index contributed by atoms with van der Waals surface area (Å²) in [5.74, 6) is 0.207. The van der Waals surface area contributed by atoms with E-state index in [0.29, 0.717) is 23.6 Å². The van der Waals surface area contributed by atoms with E-state index in [9.17, 15) is 9.90 Å². The van der Waals surface area contributed by atoms with E-state index in [1.807, 2.05) is 6.92 Å². The van der Waals surface area contributed by atoms with Gasteiger partial charge < -0.3 is 20.5 Å². The lowest BCUT2D eigenvalue weighted by atomic mass is 10.1. The standard InChI is InChI=1S/C14H22N2O3/c1-5-19-11-8-6-7-10(15)12(11)13(17)16(4)9-14(2,3)18/h6-8,18H,5,9,15H2,1-4H3. The maximum absolute atomic E-state index is 12.4. The molecule has 0 spiro atoms. The Balaban J connectivity index is 3.04. The number of ether oxygens (including phenoxy) is 1. The van der Waals surface area contributed by atoms with Crippen molar-refractivity contribution < 1.29 is 14.6 Å². The Morgan fingerprint density at radius 1 is 1.47 bits per heavy atom. The third-order valence-corrected chi connectivity index (χ3v) is 2.54. The molecule has 5 heteroatoms. The average molecular weight is 266 g/mol. The number of benzene rings is 1. The number of nitrogens with two attached hydrogens (primary N) is 1. The van der Waals surface area contributed by atoms with Crippen LogP contribution in [0.4, 0.5) is 5.69 Å². The van der Waals surface area contributed by atoms with E-state index >= 15 is 0 Å².